The zero-order valence-corrected chi connectivity index (χ0v) is 18.8. The summed E-state index contributed by atoms with van der Waals surface area (Å²) in [4.78, 5) is 13.7. The van der Waals surface area contributed by atoms with E-state index in [9.17, 15) is 22.0 Å². The van der Waals surface area contributed by atoms with Crippen molar-refractivity contribution in [1.82, 2.24) is 9.62 Å². The summed E-state index contributed by atoms with van der Waals surface area (Å²) in [5.74, 6) is -5.22. The molecule has 2 unspecified atom stereocenters. The highest BCUT2D eigenvalue weighted by Gasteiger charge is 2.51. The Labute approximate surface area is 189 Å². The molecule has 2 fully saturated rings. The number of nitrogens with one attached hydrogen (secondary N) is 1. The van der Waals surface area contributed by atoms with Crippen LogP contribution < -0.4 is 9.46 Å². The van der Waals surface area contributed by atoms with Gasteiger partial charge in [0.05, 0.1) is 25.0 Å². The second-order valence-corrected chi connectivity index (χ2v) is 10.7. The number of benzene rings is 1. The first kappa shape index (κ1) is 24.2. The molecule has 3 aliphatic heterocycles. The SMILES string of the molecule is CS(=O)(=O)NC1CCCN2C(=O)C(F)(F)Oc3c(F)cc(F)cc3C3CCC(CC3)OCC12. The zero-order valence-electron chi connectivity index (χ0n) is 18.0. The average molecular weight is 495 g/mol. The van der Waals surface area contributed by atoms with E-state index in [0.29, 0.717) is 38.2 Å². The van der Waals surface area contributed by atoms with Gasteiger partial charge >= 0.3 is 12.0 Å². The number of ether oxygens (including phenoxy) is 2. The lowest BCUT2D eigenvalue weighted by atomic mass is 9.82. The van der Waals surface area contributed by atoms with Crippen LogP contribution in [-0.4, -0.2) is 62.9 Å². The van der Waals surface area contributed by atoms with E-state index in [1.54, 1.807) is 0 Å². The normalized spacial score (nSPS) is 30.3. The molecule has 2 bridgehead atoms. The molecule has 1 saturated carbocycles. The number of piperidine rings is 1. The van der Waals surface area contributed by atoms with E-state index in [1.165, 1.54) is 0 Å². The maximum absolute atomic E-state index is 15.1. The zero-order chi connectivity index (χ0) is 24.0. The van der Waals surface area contributed by atoms with Gasteiger partial charge in [-0.15, -0.1) is 0 Å². The number of amides is 1. The van der Waals surface area contributed by atoms with E-state index in [2.05, 4.69) is 9.46 Å². The van der Waals surface area contributed by atoms with Gasteiger partial charge in [-0.3, -0.25) is 4.79 Å². The van der Waals surface area contributed by atoms with Crippen molar-refractivity contribution in [3.05, 3.63) is 29.3 Å². The monoisotopic (exact) mass is 494 g/mol. The summed E-state index contributed by atoms with van der Waals surface area (Å²) < 4.78 is 95.4. The van der Waals surface area contributed by atoms with Gasteiger partial charge < -0.3 is 14.4 Å². The molecule has 7 nitrogen and oxygen atoms in total. The second kappa shape index (κ2) is 9.03. The van der Waals surface area contributed by atoms with Crippen molar-refractivity contribution >= 4 is 15.9 Å². The van der Waals surface area contributed by atoms with Crippen molar-refractivity contribution in [1.29, 1.82) is 0 Å². The largest absolute Gasteiger partial charge is 0.482 e. The molecule has 4 aliphatic rings. The molecule has 3 heterocycles. The highest BCUT2D eigenvalue weighted by molar-refractivity contribution is 7.88. The van der Waals surface area contributed by atoms with Gasteiger partial charge in [-0.2, -0.15) is 8.78 Å². The molecule has 0 aromatic heterocycles. The number of hydrogen-bond donors (Lipinski definition) is 1. The summed E-state index contributed by atoms with van der Waals surface area (Å²) in [6.07, 6.45) is -1.24. The number of sulfonamides is 1. The predicted octanol–water partition coefficient (Wildman–Crippen LogP) is 2.90. The second-order valence-electron chi connectivity index (χ2n) is 8.94. The summed E-state index contributed by atoms with van der Waals surface area (Å²) in [6, 6.07) is -0.401. The molecule has 1 N–H and O–H groups in total. The molecule has 5 rings (SSSR count). The molecule has 1 amide bonds. The van der Waals surface area contributed by atoms with E-state index in [-0.39, 0.29) is 31.2 Å². The molecule has 1 aromatic rings. The van der Waals surface area contributed by atoms with Gasteiger partial charge in [-0.05, 0) is 50.5 Å². The van der Waals surface area contributed by atoms with Crippen molar-refractivity contribution in [3.63, 3.8) is 0 Å². The quantitative estimate of drug-likeness (QED) is 0.640. The Balaban J connectivity index is 1.75. The number of carbonyl (C=O) groups is 1. The molecule has 2 atom stereocenters. The average Bonchev–Trinajstić information content (AvgIpc) is 2.73. The molecule has 1 saturated heterocycles. The van der Waals surface area contributed by atoms with Crippen LogP contribution in [0.5, 0.6) is 5.75 Å². The van der Waals surface area contributed by atoms with Crippen LogP contribution in [0.4, 0.5) is 17.6 Å². The number of hydrogen-bond acceptors (Lipinski definition) is 5. The Hall–Kier alpha value is -1.92. The molecule has 1 aromatic carbocycles. The van der Waals surface area contributed by atoms with Crippen molar-refractivity contribution in [3.8, 4) is 5.75 Å². The Bertz CT molecular complexity index is 1010. The fraction of sp³-hybridized carbons (Fsp3) is 0.667. The van der Waals surface area contributed by atoms with E-state index >= 15 is 8.78 Å². The summed E-state index contributed by atoms with van der Waals surface area (Å²) in [5, 5.41) is 0. The summed E-state index contributed by atoms with van der Waals surface area (Å²) >= 11 is 0. The lowest BCUT2D eigenvalue weighted by Crippen LogP contribution is -2.62. The molecule has 0 radical (unpaired) electrons. The molecule has 12 heteroatoms. The number of halogens is 4. The summed E-state index contributed by atoms with van der Waals surface area (Å²) in [6.45, 7) is -0.208. The van der Waals surface area contributed by atoms with Gasteiger partial charge in [0.15, 0.2) is 11.6 Å². The smallest absolute Gasteiger partial charge is 0.422 e. The van der Waals surface area contributed by atoms with Crippen molar-refractivity contribution in [2.45, 2.75) is 68.7 Å². The van der Waals surface area contributed by atoms with Crippen molar-refractivity contribution in [2.24, 2.45) is 0 Å². The Kier molecular flexibility index (Phi) is 6.62. The number of rotatable bonds is 2. The van der Waals surface area contributed by atoms with Crippen molar-refractivity contribution < 1.29 is 40.2 Å². The van der Waals surface area contributed by atoms with Gasteiger partial charge in [0.25, 0.3) is 0 Å². The van der Waals surface area contributed by atoms with Crippen LogP contribution in [0.1, 0.15) is 50.0 Å². The van der Waals surface area contributed by atoms with Crippen LogP contribution in [0.25, 0.3) is 0 Å². The predicted molar refractivity (Wildman–Crippen MR) is 109 cm³/mol. The first-order valence-corrected chi connectivity index (χ1v) is 12.8. The Morgan fingerprint density at radius 1 is 1.12 bits per heavy atom. The lowest BCUT2D eigenvalue weighted by Gasteiger charge is -2.42. The minimum Gasteiger partial charge on any atom is -0.422 e. The number of nitrogens with zero attached hydrogens (tertiary/aromatic N) is 1. The highest BCUT2D eigenvalue weighted by Crippen LogP contribution is 2.42. The van der Waals surface area contributed by atoms with Crippen molar-refractivity contribution in [2.75, 3.05) is 19.4 Å². The van der Waals surface area contributed by atoms with Gasteiger partial charge in [0.2, 0.25) is 10.0 Å². The van der Waals surface area contributed by atoms with Crippen LogP contribution in [0.15, 0.2) is 12.1 Å². The maximum atomic E-state index is 15.1. The van der Waals surface area contributed by atoms with E-state index < -0.39 is 57.4 Å². The first-order chi connectivity index (χ1) is 15.4. The van der Waals surface area contributed by atoms with Gasteiger partial charge in [0.1, 0.15) is 5.82 Å². The molecule has 33 heavy (non-hydrogen) atoms. The minimum atomic E-state index is -4.45. The minimum absolute atomic E-state index is 0.0375. The molecular weight excluding hydrogens is 468 g/mol. The fourth-order valence-electron chi connectivity index (χ4n) is 5.03. The Morgan fingerprint density at radius 3 is 2.48 bits per heavy atom. The van der Waals surface area contributed by atoms with Crippen LogP contribution >= 0.6 is 0 Å². The summed E-state index contributed by atoms with van der Waals surface area (Å²) in [5.41, 5.74) is -0.0375. The van der Waals surface area contributed by atoms with Gasteiger partial charge in [-0.1, -0.05) is 0 Å². The Morgan fingerprint density at radius 2 is 1.82 bits per heavy atom. The lowest BCUT2D eigenvalue weighted by molar-refractivity contribution is -0.209. The van der Waals surface area contributed by atoms with E-state index in [1.807, 2.05) is 0 Å². The van der Waals surface area contributed by atoms with Crippen LogP contribution in [0.2, 0.25) is 0 Å². The van der Waals surface area contributed by atoms with E-state index in [0.717, 1.165) is 17.2 Å². The third-order valence-electron chi connectivity index (χ3n) is 6.54. The van der Waals surface area contributed by atoms with Crippen LogP contribution in [-0.2, 0) is 19.6 Å². The van der Waals surface area contributed by atoms with Gasteiger partial charge in [-0.25, -0.2) is 21.9 Å². The molecule has 1 aliphatic carbocycles. The topological polar surface area (TPSA) is 84.9 Å². The van der Waals surface area contributed by atoms with Crippen LogP contribution in [0.3, 0.4) is 0 Å². The van der Waals surface area contributed by atoms with Gasteiger partial charge in [0, 0.05) is 24.2 Å². The summed E-state index contributed by atoms with van der Waals surface area (Å²) in [7, 11) is -3.69. The fourth-order valence-corrected chi connectivity index (χ4v) is 5.86. The van der Waals surface area contributed by atoms with Crippen LogP contribution in [0, 0.1) is 11.6 Å². The molecule has 184 valence electrons. The third kappa shape index (κ3) is 5.27. The third-order valence-corrected chi connectivity index (χ3v) is 7.27. The highest BCUT2D eigenvalue weighted by atomic mass is 32.2. The number of alkyl halides is 2. The number of fused-ring (bicyclic) bond motifs is 5. The first-order valence-electron chi connectivity index (χ1n) is 10.9. The molecule has 0 spiro atoms. The number of carbonyl (C=O) groups excluding carboxylic acids is 1. The molecular formula is C21H26F4N2O5S. The van der Waals surface area contributed by atoms with E-state index in [4.69, 9.17) is 4.74 Å². The maximum Gasteiger partial charge on any atom is 0.482 e. The standard InChI is InChI=1S/C21H26F4N2O5S/c1-33(29,30)26-17-3-2-8-27-18(17)11-31-14-6-4-12(5-7-14)15-9-13(22)10-16(23)19(15)32-21(24,25)20(27)28/h9-10,12,14,17-18,26H,2-8,11H2,1H3.